The number of benzene rings is 2. The number of carbonyl (C=O) groups is 1. The Labute approximate surface area is 168 Å². The first-order valence-corrected chi connectivity index (χ1v) is 10.6. The number of rotatable bonds is 8. The highest BCUT2D eigenvalue weighted by atomic mass is 16.1. The fourth-order valence-corrected chi connectivity index (χ4v) is 4.39. The molecule has 2 aromatic carbocycles. The smallest absolute Gasteiger partial charge is 0.251 e. The predicted molar refractivity (Wildman–Crippen MR) is 113 cm³/mol. The molecule has 1 aliphatic carbocycles. The summed E-state index contributed by atoms with van der Waals surface area (Å²) in [6.07, 6.45) is 5.95. The lowest BCUT2D eigenvalue weighted by Crippen LogP contribution is -2.41. The van der Waals surface area contributed by atoms with Gasteiger partial charge in [-0.2, -0.15) is 0 Å². The van der Waals surface area contributed by atoms with Crippen molar-refractivity contribution in [3.8, 4) is 0 Å². The molecule has 28 heavy (non-hydrogen) atoms. The van der Waals surface area contributed by atoms with Gasteiger partial charge in [-0.25, -0.2) is 0 Å². The largest absolute Gasteiger partial charge is 0.348 e. The van der Waals surface area contributed by atoms with Crippen molar-refractivity contribution in [1.29, 1.82) is 0 Å². The lowest BCUT2D eigenvalue weighted by molar-refractivity contribution is 0.0938. The molecule has 3 N–H and O–H groups in total. The Balaban J connectivity index is 1.37. The number of nitrogens with zero attached hydrogens (tertiary/aromatic N) is 1. The van der Waals surface area contributed by atoms with E-state index in [1.54, 1.807) is 0 Å². The zero-order valence-corrected chi connectivity index (χ0v) is 16.6. The molecule has 1 heterocycles. The summed E-state index contributed by atoms with van der Waals surface area (Å²) >= 11 is 0. The van der Waals surface area contributed by atoms with Gasteiger partial charge < -0.3 is 16.0 Å². The molecular weight excluding hydrogens is 346 g/mol. The number of amides is 1. The van der Waals surface area contributed by atoms with Crippen molar-refractivity contribution >= 4 is 5.91 Å². The number of hydrogen-bond donors (Lipinski definition) is 2. The van der Waals surface area contributed by atoms with E-state index in [2.05, 4.69) is 34.5 Å². The zero-order valence-electron chi connectivity index (χ0n) is 16.6. The molecule has 1 saturated carbocycles. The molecule has 2 aromatic rings. The highest BCUT2D eigenvalue weighted by Gasteiger charge is 2.45. The molecule has 0 aromatic heterocycles. The van der Waals surface area contributed by atoms with Crippen molar-refractivity contribution < 1.29 is 4.79 Å². The lowest BCUT2D eigenvalue weighted by Gasteiger charge is -2.23. The fraction of sp³-hybridized carbons (Fsp3) is 0.458. The summed E-state index contributed by atoms with van der Waals surface area (Å²) in [5.74, 6) is -0.0395. The van der Waals surface area contributed by atoms with Gasteiger partial charge in [-0.05, 0) is 68.5 Å². The Kier molecular flexibility index (Phi) is 5.79. The topological polar surface area (TPSA) is 58.4 Å². The van der Waals surface area contributed by atoms with Crippen LogP contribution in [0.3, 0.4) is 0 Å². The number of likely N-dealkylation sites (tertiary alicyclic amines) is 1. The van der Waals surface area contributed by atoms with Crippen LogP contribution in [0.5, 0.6) is 0 Å². The van der Waals surface area contributed by atoms with Crippen LogP contribution in [0.25, 0.3) is 0 Å². The van der Waals surface area contributed by atoms with Crippen molar-refractivity contribution in [2.24, 2.45) is 5.73 Å². The quantitative estimate of drug-likeness (QED) is 0.743. The molecule has 4 rings (SSSR count). The third kappa shape index (κ3) is 4.45. The average Bonchev–Trinajstić information content (AvgIpc) is 3.33. The Morgan fingerprint density at radius 1 is 1.04 bits per heavy atom. The third-order valence-electron chi connectivity index (χ3n) is 6.28. The predicted octanol–water partition coefficient (Wildman–Crippen LogP) is 3.11. The molecule has 4 nitrogen and oxygen atoms in total. The summed E-state index contributed by atoms with van der Waals surface area (Å²) in [6.45, 7) is 4.08. The Hall–Kier alpha value is -2.17. The SMILES string of the molecule is NCC(Cc1ccccc1)NC(=O)c1ccc(C2(CN3CCCC3)CC2)cc1. The number of nitrogens with two attached hydrogens (primary N) is 1. The van der Waals surface area contributed by atoms with Crippen LogP contribution in [-0.4, -0.2) is 43.0 Å². The van der Waals surface area contributed by atoms with Crippen LogP contribution in [0, 0.1) is 0 Å². The van der Waals surface area contributed by atoms with Gasteiger partial charge in [0, 0.05) is 30.1 Å². The first kappa shape index (κ1) is 19.2. The van der Waals surface area contributed by atoms with Crippen molar-refractivity contribution in [3.63, 3.8) is 0 Å². The molecule has 0 radical (unpaired) electrons. The summed E-state index contributed by atoms with van der Waals surface area (Å²) in [5.41, 5.74) is 9.51. The summed E-state index contributed by atoms with van der Waals surface area (Å²) in [6, 6.07) is 18.4. The molecule has 2 aliphatic rings. The van der Waals surface area contributed by atoms with Crippen molar-refractivity contribution in [3.05, 3.63) is 71.3 Å². The maximum absolute atomic E-state index is 12.7. The second-order valence-electron chi connectivity index (χ2n) is 8.44. The number of nitrogens with one attached hydrogen (secondary N) is 1. The van der Waals surface area contributed by atoms with Crippen molar-refractivity contribution in [2.75, 3.05) is 26.2 Å². The summed E-state index contributed by atoms with van der Waals surface area (Å²) < 4.78 is 0. The van der Waals surface area contributed by atoms with E-state index in [-0.39, 0.29) is 11.9 Å². The van der Waals surface area contributed by atoms with Gasteiger partial charge in [0.05, 0.1) is 0 Å². The van der Waals surface area contributed by atoms with Crippen molar-refractivity contribution in [1.82, 2.24) is 10.2 Å². The minimum atomic E-state index is -0.0560. The minimum absolute atomic E-state index is 0.0395. The van der Waals surface area contributed by atoms with Gasteiger partial charge in [0.25, 0.3) is 5.91 Å². The standard InChI is InChI=1S/C24H31N3O/c25-17-22(16-19-6-2-1-3-7-19)26-23(28)20-8-10-21(11-9-20)24(12-13-24)18-27-14-4-5-15-27/h1-3,6-11,22H,4-5,12-18,25H2,(H,26,28). The van der Waals surface area contributed by atoms with Crippen LogP contribution in [-0.2, 0) is 11.8 Å². The van der Waals surface area contributed by atoms with E-state index in [0.29, 0.717) is 17.5 Å². The van der Waals surface area contributed by atoms with E-state index in [1.165, 1.54) is 56.4 Å². The van der Waals surface area contributed by atoms with E-state index in [4.69, 9.17) is 5.73 Å². The molecule has 4 heteroatoms. The first-order valence-electron chi connectivity index (χ1n) is 10.6. The van der Waals surface area contributed by atoms with Crippen LogP contribution in [0.2, 0.25) is 0 Å². The molecule has 148 valence electrons. The van der Waals surface area contributed by atoms with E-state index < -0.39 is 0 Å². The molecule has 1 unspecified atom stereocenters. The molecular formula is C24H31N3O. The Bertz CT molecular complexity index is 777. The monoisotopic (exact) mass is 377 g/mol. The molecule has 1 amide bonds. The van der Waals surface area contributed by atoms with Crippen LogP contribution in [0.1, 0.15) is 47.2 Å². The summed E-state index contributed by atoms with van der Waals surface area (Å²) in [7, 11) is 0. The molecule has 1 atom stereocenters. The van der Waals surface area contributed by atoms with Crippen LogP contribution < -0.4 is 11.1 Å². The minimum Gasteiger partial charge on any atom is -0.348 e. The van der Waals surface area contributed by atoms with E-state index in [9.17, 15) is 4.79 Å². The zero-order chi connectivity index (χ0) is 19.4. The molecule has 1 saturated heterocycles. The van der Waals surface area contributed by atoms with Gasteiger partial charge in [-0.3, -0.25) is 4.79 Å². The lowest BCUT2D eigenvalue weighted by atomic mass is 9.94. The number of hydrogen-bond acceptors (Lipinski definition) is 3. The Morgan fingerprint density at radius 3 is 2.32 bits per heavy atom. The van der Waals surface area contributed by atoms with Gasteiger partial charge in [0.1, 0.15) is 0 Å². The summed E-state index contributed by atoms with van der Waals surface area (Å²) in [4.78, 5) is 15.3. The van der Waals surface area contributed by atoms with Gasteiger partial charge in [-0.15, -0.1) is 0 Å². The maximum atomic E-state index is 12.7. The van der Waals surface area contributed by atoms with Crippen LogP contribution in [0.15, 0.2) is 54.6 Å². The molecule has 0 spiro atoms. The maximum Gasteiger partial charge on any atom is 0.251 e. The van der Waals surface area contributed by atoms with E-state index in [1.807, 2.05) is 30.3 Å². The number of carbonyl (C=O) groups excluding carboxylic acids is 1. The third-order valence-corrected chi connectivity index (χ3v) is 6.28. The molecule has 2 fully saturated rings. The van der Waals surface area contributed by atoms with Gasteiger partial charge >= 0.3 is 0 Å². The Morgan fingerprint density at radius 2 is 1.71 bits per heavy atom. The summed E-state index contributed by atoms with van der Waals surface area (Å²) in [5, 5.41) is 3.09. The van der Waals surface area contributed by atoms with Gasteiger partial charge in [0.2, 0.25) is 0 Å². The van der Waals surface area contributed by atoms with E-state index >= 15 is 0 Å². The first-order chi connectivity index (χ1) is 13.7. The van der Waals surface area contributed by atoms with Crippen LogP contribution in [0.4, 0.5) is 0 Å². The molecule has 0 bridgehead atoms. The van der Waals surface area contributed by atoms with Crippen molar-refractivity contribution in [2.45, 2.75) is 43.6 Å². The van der Waals surface area contributed by atoms with Crippen LogP contribution >= 0.6 is 0 Å². The van der Waals surface area contributed by atoms with E-state index in [0.717, 1.165) is 6.42 Å². The van der Waals surface area contributed by atoms with Gasteiger partial charge in [-0.1, -0.05) is 42.5 Å². The van der Waals surface area contributed by atoms with Gasteiger partial charge in [0.15, 0.2) is 0 Å². The second-order valence-corrected chi connectivity index (χ2v) is 8.44. The normalized spacial score (nSPS) is 19.3. The molecule has 1 aliphatic heterocycles. The highest BCUT2D eigenvalue weighted by molar-refractivity contribution is 5.94. The average molecular weight is 378 g/mol. The second kappa shape index (κ2) is 8.46. The fourth-order valence-electron chi connectivity index (χ4n) is 4.39. The highest BCUT2D eigenvalue weighted by Crippen LogP contribution is 2.49.